The first-order valence-corrected chi connectivity index (χ1v) is 9.62. The Hall–Kier alpha value is -2.12. The van der Waals surface area contributed by atoms with Crippen LogP contribution in [0, 0.1) is 6.92 Å². The van der Waals surface area contributed by atoms with Crippen molar-refractivity contribution in [3.63, 3.8) is 0 Å². The van der Waals surface area contributed by atoms with E-state index in [0.717, 1.165) is 27.5 Å². The van der Waals surface area contributed by atoms with Crippen molar-refractivity contribution in [3.05, 3.63) is 63.0 Å². The van der Waals surface area contributed by atoms with Gasteiger partial charge in [-0.25, -0.2) is 0 Å². The molecule has 0 bridgehead atoms. The lowest BCUT2D eigenvalue weighted by molar-refractivity contribution is 0.860. The Balaban J connectivity index is 1.68. The van der Waals surface area contributed by atoms with Crippen LogP contribution in [0.5, 0.6) is 0 Å². The number of rotatable bonds is 4. The number of fused-ring (bicyclic) bond motifs is 3. The first-order valence-electron chi connectivity index (χ1n) is 7.59. The third-order valence-corrected chi connectivity index (χ3v) is 6.02. The quantitative estimate of drug-likeness (QED) is 0.562. The monoisotopic (exact) mass is 356 g/mol. The van der Waals surface area contributed by atoms with Crippen molar-refractivity contribution >= 4 is 39.1 Å². The molecule has 0 aliphatic heterocycles. The van der Waals surface area contributed by atoms with Crippen molar-refractivity contribution in [2.45, 2.75) is 18.4 Å². The SMILES string of the molecule is Cc1ccccc1CSCc1nnc2n(C)c(=O)c3sccc3n12. The van der Waals surface area contributed by atoms with Crippen LogP contribution in [-0.4, -0.2) is 19.2 Å². The Kier molecular flexibility index (Phi) is 3.90. The summed E-state index contributed by atoms with van der Waals surface area (Å²) >= 11 is 3.27. The van der Waals surface area contributed by atoms with Gasteiger partial charge in [0, 0.05) is 12.8 Å². The summed E-state index contributed by atoms with van der Waals surface area (Å²) in [5.74, 6) is 3.15. The van der Waals surface area contributed by atoms with Gasteiger partial charge in [0.15, 0.2) is 0 Å². The zero-order valence-electron chi connectivity index (χ0n) is 13.4. The molecule has 0 spiro atoms. The smallest absolute Gasteiger partial charge is 0.272 e. The maximum Gasteiger partial charge on any atom is 0.272 e. The van der Waals surface area contributed by atoms with Gasteiger partial charge in [0.25, 0.3) is 5.56 Å². The minimum atomic E-state index is -0.0148. The van der Waals surface area contributed by atoms with Crippen molar-refractivity contribution in [1.82, 2.24) is 19.2 Å². The van der Waals surface area contributed by atoms with Crippen LogP contribution in [0.1, 0.15) is 17.0 Å². The lowest BCUT2D eigenvalue weighted by atomic mass is 10.1. The molecule has 4 rings (SSSR count). The van der Waals surface area contributed by atoms with Crippen LogP contribution in [-0.2, 0) is 18.6 Å². The summed E-state index contributed by atoms with van der Waals surface area (Å²) in [6.45, 7) is 2.13. The zero-order valence-corrected chi connectivity index (χ0v) is 15.0. The minimum Gasteiger partial charge on any atom is -0.279 e. The topological polar surface area (TPSA) is 52.2 Å². The summed E-state index contributed by atoms with van der Waals surface area (Å²) < 4.78 is 4.31. The molecule has 122 valence electrons. The molecular formula is C17H16N4OS2. The van der Waals surface area contributed by atoms with Gasteiger partial charge in [-0.15, -0.1) is 33.3 Å². The molecule has 0 radical (unpaired) electrons. The van der Waals surface area contributed by atoms with E-state index < -0.39 is 0 Å². The van der Waals surface area contributed by atoms with Gasteiger partial charge in [-0.3, -0.25) is 13.8 Å². The summed E-state index contributed by atoms with van der Waals surface area (Å²) in [4.78, 5) is 12.3. The van der Waals surface area contributed by atoms with E-state index in [1.54, 1.807) is 23.4 Å². The fourth-order valence-electron chi connectivity index (χ4n) is 2.77. The van der Waals surface area contributed by atoms with Gasteiger partial charge in [-0.2, -0.15) is 0 Å². The molecule has 7 heteroatoms. The first-order chi connectivity index (χ1) is 11.7. The highest BCUT2D eigenvalue weighted by molar-refractivity contribution is 7.97. The normalized spacial score (nSPS) is 11.6. The molecule has 3 aromatic heterocycles. The fraction of sp³-hybridized carbons (Fsp3) is 0.235. The van der Waals surface area contributed by atoms with Crippen LogP contribution in [0.2, 0.25) is 0 Å². The zero-order chi connectivity index (χ0) is 16.7. The third kappa shape index (κ3) is 2.44. The Labute approximate surface area is 147 Å². The molecule has 24 heavy (non-hydrogen) atoms. The van der Waals surface area contributed by atoms with Crippen LogP contribution in [0.25, 0.3) is 16.0 Å². The van der Waals surface area contributed by atoms with Gasteiger partial charge >= 0.3 is 0 Å². The van der Waals surface area contributed by atoms with E-state index in [9.17, 15) is 4.79 Å². The summed E-state index contributed by atoms with van der Waals surface area (Å²) in [7, 11) is 1.75. The van der Waals surface area contributed by atoms with E-state index in [1.807, 2.05) is 15.8 Å². The molecule has 3 heterocycles. The van der Waals surface area contributed by atoms with E-state index in [0.29, 0.717) is 5.78 Å². The number of benzene rings is 1. The van der Waals surface area contributed by atoms with Gasteiger partial charge in [0.2, 0.25) is 5.78 Å². The number of hydrogen-bond donors (Lipinski definition) is 0. The van der Waals surface area contributed by atoms with E-state index >= 15 is 0 Å². The summed E-state index contributed by atoms with van der Waals surface area (Å²) in [6.07, 6.45) is 0. The standard InChI is InChI=1S/C17H16N4OS2/c1-11-5-3-4-6-12(11)9-23-10-14-18-19-17-20(2)16(22)15-13(21(14)17)7-8-24-15/h3-8H,9-10H2,1-2H3. The van der Waals surface area contributed by atoms with Crippen LogP contribution < -0.4 is 5.56 Å². The number of thiophene rings is 1. The highest BCUT2D eigenvalue weighted by Gasteiger charge is 2.15. The number of aryl methyl sites for hydroxylation is 2. The highest BCUT2D eigenvalue weighted by Crippen LogP contribution is 2.23. The van der Waals surface area contributed by atoms with E-state index in [-0.39, 0.29) is 5.56 Å². The molecule has 0 atom stereocenters. The summed E-state index contributed by atoms with van der Waals surface area (Å²) in [6, 6.07) is 10.4. The second kappa shape index (κ2) is 6.07. The number of aromatic nitrogens is 4. The van der Waals surface area contributed by atoms with Crippen LogP contribution in [0.4, 0.5) is 0 Å². The molecule has 0 unspecified atom stereocenters. The molecule has 4 aromatic rings. The van der Waals surface area contributed by atoms with Gasteiger partial charge in [0.05, 0.1) is 11.3 Å². The summed E-state index contributed by atoms with van der Waals surface area (Å²) in [5.41, 5.74) is 3.52. The molecule has 0 fully saturated rings. The lowest BCUT2D eigenvalue weighted by Gasteiger charge is -2.06. The third-order valence-electron chi connectivity index (χ3n) is 4.15. The van der Waals surface area contributed by atoms with Crippen molar-refractivity contribution in [2.75, 3.05) is 0 Å². The van der Waals surface area contributed by atoms with Crippen molar-refractivity contribution in [1.29, 1.82) is 0 Å². The van der Waals surface area contributed by atoms with Crippen LogP contribution in [0.15, 0.2) is 40.5 Å². The number of nitrogens with zero attached hydrogens (tertiary/aromatic N) is 4. The lowest BCUT2D eigenvalue weighted by Crippen LogP contribution is -2.19. The second-order valence-electron chi connectivity index (χ2n) is 5.67. The van der Waals surface area contributed by atoms with Crippen molar-refractivity contribution in [2.24, 2.45) is 7.05 Å². The molecule has 5 nitrogen and oxygen atoms in total. The minimum absolute atomic E-state index is 0.0148. The van der Waals surface area contributed by atoms with Crippen LogP contribution >= 0.6 is 23.1 Å². The van der Waals surface area contributed by atoms with E-state index in [1.165, 1.54) is 22.5 Å². The molecule has 0 saturated carbocycles. The van der Waals surface area contributed by atoms with Crippen molar-refractivity contribution in [3.8, 4) is 0 Å². The highest BCUT2D eigenvalue weighted by atomic mass is 32.2. The molecular weight excluding hydrogens is 340 g/mol. The predicted molar refractivity (Wildman–Crippen MR) is 99.8 cm³/mol. The maximum atomic E-state index is 12.3. The average molecular weight is 356 g/mol. The summed E-state index contributed by atoms with van der Waals surface area (Å²) in [5, 5.41) is 10.5. The molecule has 0 aliphatic rings. The average Bonchev–Trinajstić information content (AvgIpc) is 3.21. The number of thioether (sulfide) groups is 1. The van der Waals surface area contributed by atoms with E-state index in [4.69, 9.17) is 0 Å². The maximum absolute atomic E-state index is 12.3. The molecule has 0 amide bonds. The van der Waals surface area contributed by atoms with Gasteiger partial charge in [-0.1, -0.05) is 24.3 Å². The fourth-order valence-corrected chi connectivity index (χ4v) is 4.64. The Bertz CT molecular complexity index is 1090. The Morgan fingerprint density at radius 2 is 2.00 bits per heavy atom. The van der Waals surface area contributed by atoms with Gasteiger partial charge in [-0.05, 0) is 29.5 Å². The molecule has 0 saturated heterocycles. The van der Waals surface area contributed by atoms with E-state index in [2.05, 4.69) is 41.4 Å². The molecule has 1 aromatic carbocycles. The van der Waals surface area contributed by atoms with Crippen LogP contribution in [0.3, 0.4) is 0 Å². The van der Waals surface area contributed by atoms with Crippen molar-refractivity contribution < 1.29 is 0 Å². The van der Waals surface area contributed by atoms with Gasteiger partial charge in [0.1, 0.15) is 10.5 Å². The second-order valence-corrected chi connectivity index (χ2v) is 7.57. The first kappa shape index (κ1) is 15.4. The Morgan fingerprint density at radius 3 is 2.83 bits per heavy atom. The van der Waals surface area contributed by atoms with Gasteiger partial charge < -0.3 is 0 Å². The molecule has 0 aliphatic carbocycles. The Morgan fingerprint density at radius 1 is 1.17 bits per heavy atom. The number of hydrogen-bond acceptors (Lipinski definition) is 5. The predicted octanol–water partition coefficient (Wildman–Crippen LogP) is 3.38. The molecule has 0 N–H and O–H groups in total. The largest absolute Gasteiger partial charge is 0.279 e.